The van der Waals surface area contributed by atoms with E-state index in [1.165, 1.54) is 0 Å². The molecule has 3 N–H and O–H groups in total. The molecule has 1 amide bonds. The Morgan fingerprint density at radius 1 is 0.778 bits per heavy atom. The first-order valence-electron chi connectivity index (χ1n) is 12.7. The summed E-state index contributed by atoms with van der Waals surface area (Å²) in [5.41, 5.74) is -2.69. The van der Waals surface area contributed by atoms with E-state index in [0.29, 0.717) is 5.56 Å². The molecule has 0 aliphatic carbocycles. The largest absolute Gasteiger partial charge is 0.481 e. The summed E-state index contributed by atoms with van der Waals surface area (Å²) in [7, 11) is -5.15. The van der Waals surface area contributed by atoms with Gasteiger partial charge in [-0.15, -0.1) is 0 Å². The molecule has 236 valence electrons. The molecule has 0 saturated carbocycles. The van der Waals surface area contributed by atoms with E-state index in [4.69, 9.17) is 11.6 Å². The van der Waals surface area contributed by atoms with Gasteiger partial charge in [0.1, 0.15) is 0 Å². The summed E-state index contributed by atoms with van der Waals surface area (Å²) in [6, 6.07) is 17.6. The van der Waals surface area contributed by atoms with Crippen molar-refractivity contribution in [1.29, 1.82) is 0 Å². The normalized spacial score (nSPS) is 12.8. The van der Waals surface area contributed by atoms with Crippen molar-refractivity contribution in [1.82, 2.24) is 5.32 Å². The van der Waals surface area contributed by atoms with Gasteiger partial charge in [-0.2, -0.15) is 26.3 Å². The minimum absolute atomic E-state index is 0.0230. The zero-order valence-electron chi connectivity index (χ0n) is 22.6. The molecule has 0 radical (unpaired) electrons. The number of carbonyl (C=O) groups excluding carboxylic acids is 1. The average molecular weight is 671 g/mol. The fraction of sp³-hybridized carbons (Fsp3) is 0.133. The quantitative estimate of drug-likeness (QED) is 0.157. The second kappa shape index (κ2) is 12.8. The Balaban J connectivity index is 1.67. The second-order valence-corrected chi connectivity index (χ2v) is 11.8. The molecule has 0 aliphatic rings. The lowest BCUT2D eigenvalue weighted by Gasteiger charge is -2.20. The van der Waals surface area contributed by atoms with Crippen molar-refractivity contribution in [2.45, 2.75) is 29.7 Å². The highest BCUT2D eigenvalue weighted by atomic mass is 35.5. The molecule has 45 heavy (non-hydrogen) atoms. The number of carboxylic acid groups (broad SMARTS) is 1. The van der Waals surface area contributed by atoms with E-state index >= 15 is 0 Å². The highest BCUT2D eigenvalue weighted by molar-refractivity contribution is 7.92. The number of carboxylic acids is 1. The summed E-state index contributed by atoms with van der Waals surface area (Å²) in [5, 5.41) is 11.9. The number of anilines is 1. The van der Waals surface area contributed by atoms with Gasteiger partial charge in [-0.25, -0.2) is 8.42 Å². The van der Waals surface area contributed by atoms with Gasteiger partial charge >= 0.3 is 18.3 Å². The maximum atomic E-state index is 13.4. The van der Waals surface area contributed by atoms with Crippen LogP contribution in [-0.2, 0) is 27.2 Å². The van der Waals surface area contributed by atoms with E-state index in [0.717, 1.165) is 29.3 Å². The molecule has 0 saturated heterocycles. The third-order valence-electron chi connectivity index (χ3n) is 6.45. The summed E-state index contributed by atoms with van der Waals surface area (Å²) >= 11 is 6.00. The van der Waals surface area contributed by atoms with Crippen LogP contribution in [0, 0.1) is 0 Å². The lowest BCUT2D eigenvalue weighted by Crippen LogP contribution is -2.31. The standard InChI is InChI=1S/C30H21ClF6N2O5S/c31-22-10-11-25(39-45(43,44)23-13-20(29(32,33)34)12-21(14-23)30(35,36)37)24(15-22)28(42)38-26(16-27(40)41)19-8-6-18(7-9-19)17-4-2-1-3-5-17/h1-15,26,39H,16H2,(H,38,42)(H,40,41). The van der Waals surface area contributed by atoms with Crippen LogP contribution in [0.5, 0.6) is 0 Å². The molecule has 4 aromatic carbocycles. The Morgan fingerprint density at radius 3 is 1.87 bits per heavy atom. The van der Waals surface area contributed by atoms with Crippen molar-refractivity contribution in [2.24, 2.45) is 0 Å². The van der Waals surface area contributed by atoms with Crippen LogP contribution in [0.3, 0.4) is 0 Å². The first kappa shape index (κ1) is 33.3. The summed E-state index contributed by atoms with van der Waals surface area (Å²) in [6.07, 6.45) is -11.2. The molecule has 0 spiro atoms. The minimum atomic E-state index is -5.31. The van der Waals surface area contributed by atoms with E-state index in [1.807, 2.05) is 35.1 Å². The molecule has 0 aromatic heterocycles. The van der Waals surface area contributed by atoms with Gasteiger partial charge in [-0.05, 0) is 53.1 Å². The van der Waals surface area contributed by atoms with Crippen LogP contribution in [0.25, 0.3) is 11.1 Å². The van der Waals surface area contributed by atoms with Gasteiger partial charge in [0.05, 0.1) is 39.7 Å². The van der Waals surface area contributed by atoms with Crippen molar-refractivity contribution in [3.8, 4) is 11.1 Å². The molecule has 0 heterocycles. The maximum Gasteiger partial charge on any atom is 0.416 e. The molecule has 4 aromatic rings. The SMILES string of the molecule is O=C(O)CC(NC(=O)c1cc(Cl)ccc1NS(=O)(=O)c1cc(C(F)(F)F)cc(C(F)(F)F)c1)c1ccc(-c2ccccc2)cc1. The zero-order chi connectivity index (χ0) is 33.2. The van der Waals surface area contributed by atoms with E-state index in [1.54, 1.807) is 24.3 Å². The van der Waals surface area contributed by atoms with Gasteiger partial charge in [0, 0.05) is 5.02 Å². The molecule has 4 rings (SSSR count). The van der Waals surface area contributed by atoms with E-state index in [2.05, 4.69) is 5.32 Å². The summed E-state index contributed by atoms with van der Waals surface area (Å²) in [4.78, 5) is 23.6. The number of nitrogens with one attached hydrogen (secondary N) is 2. The maximum absolute atomic E-state index is 13.4. The predicted molar refractivity (Wildman–Crippen MR) is 153 cm³/mol. The van der Waals surface area contributed by atoms with Crippen LogP contribution in [0.2, 0.25) is 5.02 Å². The molecule has 15 heteroatoms. The van der Waals surface area contributed by atoms with Crippen LogP contribution < -0.4 is 10.0 Å². The van der Waals surface area contributed by atoms with Crippen molar-refractivity contribution in [2.75, 3.05) is 4.72 Å². The number of halogens is 7. The van der Waals surface area contributed by atoms with E-state index < -0.39 is 74.0 Å². The van der Waals surface area contributed by atoms with Gasteiger partial charge in [0.2, 0.25) is 0 Å². The zero-order valence-corrected chi connectivity index (χ0v) is 24.2. The van der Waals surface area contributed by atoms with Gasteiger partial charge in [0.15, 0.2) is 0 Å². The van der Waals surface area contributed by atoms with Gasteiger partial charge < -0.3 is 10.4 Å². The Kier molecular flexibility index (Phi) is 9.49. The number of sulfonamides is 1. The minimum Gasteiger partial charge on any atom is -0.481 e. The Morgan fingerprint density at radius 2 is 1.33 bits per heavy atom. The van der Waals surface area contributed by atoms with E-state index in [9.17, 15) is 49.5 Å². The van der Waals surface area contributed by atoms with Gasteiger partial charge in [-0.3, -0.25) is 14.3 Å². The monoisotopic (exact) mass is 670 g/mol. The predicted octanol–water partition coefficient (Wildman–Crippen LogP) is 7.79. The van der Waals surface area contributed by atoms with Crippen molar-refractivity contribution < 1.29 is 49.5 Å². The molecule has 0 aliphatic heterocycles. The average Bonchev–Trinajstić information content (AvgIpc) is 2.97. The van der Waals surface area contributed by atoms with Crippen molar-refractivity contribution in [3.05, 3.63) is 118 Å². The fourth-order valence-corrected chi connectivity index (χ4v) is 5.60. The number of alkyl halides is 6. The molecular formula is C30H21ClF6N2O5S. The number of rotatable bonds is 9. The van der Waals surface area contributed by atoms with Crippen LogP contribution in [0.1, 0.15) is 39.5 Å². The van der Waals surface area contributed by atoms with Crippen molar-refractivity contribution in [3.63, 3.8) is 0 Å². The van der Waals surface area contributed by atoms with Crippen LogP contribution in [0.15, 0.2) is 95.9 Å². The molecule has 7 nitrogen and oxygen atoms in total. The van der Waals surface area contributed by atoms with Crippen LogP contribution in [-0.4, -0.2) is 25.4 Å². The Bertz CT molecular complexity index is 1800. The number of carbonyl (C=O) groups is 2. The highest BCUT2D eigenvalue weighted by Crippen LogP contribution is 2.38. The number of hydrogen-bond donors (Lipinski definition) is 3. The lowest BCUT2D eigenvalue weighted by atomic mass is 9.98. The van der Waals surface area contributed by atoms with Crippen LogP contribution in [0.4, 0.5) is 32.0 Å². The van der Waals surface area contributed by atoms with Gasteiger partial charge in [-0.1, -0.05) is 66.2 Å². The van der Waals surface area contributed by atoms with E-state index in [-0.39, 0.29) is 23.2 Å². The Hall–Kier alpha value is -4.56. The lowest BCUT2D eigenvalue weighted by molar-refractivity contribution is -0.143. The highest BCUT2D eigenvalue weighted by Gasteiger charge is 2.38. The van der Waals surface area contributed by atoms with Gasteiger partial charge in [0.25, 0.3) is 15.9 Å². The smallest absolute Gasteiger partial charge is 0.416 e. The fourth-order valence-electron chi connectivity index (χ4n) is 4.28. The number of aliphatic carboxylic acids is 1. The number of hydrogen-bond acceptors (Lipinski definition) is 4. The second-order valence-electron chi connectivity index (χ2n) is 9.65. The molecule has 1 atom stereocenters. The summed E-state index contributed by atoms with van der Waals surface area (Å²) in [6.45, 7) is 0. The topological polar surface area (TPSA) is 113 Å². The molecular weight excluding hydrogens is 650 g/mol. The first-order chi connectivity index (χ1) is 20.9. The third kappa shape index (κ3) is 8.34. The Labute approximate surface area is 257 Å². The third-order valence-corrected chi connectivity index (χ3v) is 8.03. The summed E-state index contributed by atoms with van der Waals surface area (Å²) < 4.78 is 108. The van der Waals surface area contributed by atoms with Crippen LogP contribution >= 0.6 is 11.6 Å². The van der Waals surface area contributed by atoms with Crippen molar-refractivity contribution >= 4 is 39.2 Å². The number of amides is 1. The molecule has 1 unspecified atom stereocenters. The number of benzene rings is 4. The summed E-state index contributed by atoms with van der Waals surface area (Å²) in [5.74, 6) is -2.32. The first-order valence-corrected chi connectivity index (χ1v) is 14.6. The molecule has 0 bridgehead atoms. The molecule has 0 fully saturated rings.